The number of carbonyl (C=O) groups excluding carboxylic acids is 1. The molecule has 0 aliphatic carbocycles. The predicted octanol–water partition coefficient (Wildman–Crippen LogP) is 7.38. The number of benzene rings is 3. The highest BCUT2D eigenvalue weighted by Crippen LogP contribution is 2.33. The van der Waals surface area contributed by atoms with Crippen LogP contribution in [0.1, 0.15) is 20.8 Å². The molecule has 5 nitrogen and oxygen atoms in total. The fourth-order valence-corrected chi connectivity index (χ4v) is 7.68. The van der Waals surface area contributed by atoms with E-state index in [4.69, 9.17) is 16.6 Å². The van der Waals surface area contributed by atoms with Gasteiger partial charge in [-0.25, -0.2) is 13.4 Å². The molecule has 9 heteroatoms. The Balaban J connectivity index is 1.35. The molecular weight excluding hydrogens is 520 g/mol. The zero-order valence-corrected chi connectivity index (χ0v) is 21.9. The summed E-state index contributed by atoms with van der Waals surface area (Å²) in [5, 5.41) is 5.74. The Morgan fingerprint density at radius 3 is 2.40 bits per heavy atom. The van der Waals surface area contributed by atoms with Gasteiger partial charge >= 0.3 is 0 Å². The molecule has 2 aromatic heterocycles. The van der Waals surface area contributed by atoms with Gasteiger partial charge in [-0.15, -0.1) is 22.7 Å². The number of carbonyl (C=O) groups is 1. The lowest BCUT2D eigenvalue weighted by atomic mass is 10.2. The maximum Gasteiger partial charge on any atom is 0.266 e. The van der Waals surface area contributed by atoms with E-state index < -0.39 is 9.84 Å². The van der Waals surface area contributed by atoms with Crippen molar-refractivity contribution in [1.29, 1.82) is 0 Å². The second kappa shape index (κ2) is 9.20. The van der Waals surface area contributed by atoms with E-state index in [1.54, 1.807) is 18.3 Å². The monoisotopic (exact) mass is 538 g/mol. The summed E-state index contributed by atoms with van der Waals surface area (Å²) in [6.07, 6.45) is 0. The van der Waals surface area contributed by atoms with Gasteiger partial charge in [-0.3, -0.25) is 4.79 Å². The minimum absolute atomic E-state index is 0.122. The highest BCUT2D eigenvalue weighted by molar-refractivity contribution is 7.91. The lowest BCUT2D eigenvalue weighted by Gasteiger charge is -2.07. The van der Waals surface area contributed by atoms with Crippen LogP contribution in [0, 0.1) is 13.8 Å². The van der Waals surface area contributed by atoms with E-state index in [1.807, 2.05) is 36.4 Å². The lowest BCUT2D eigenvalue weighted by molar-refractivity contribution is 0.103. The van der Waals surface area contributed by atoms with Crippen molar-refractivity contribution in [2.24, 2.45) is 0 Å². The molecule has 0 saturated heterocycles. The number of amides is 1. The van der Waals surface area contributed by atoms with E-state index in [2.05, 4.69) is 18.3 Å². The molecule has 3 aromatic carbocycles. The van der Waals surface area contributed by atoms with Crippen LogP contribution in [0.4, 0.5) is 5.69 Å². The van der Waals surface area contributed by atoms with Gasteiger partial charge in [-0.2, -0.15) is 0 Å². The molecule has 5 rings (SSSR count). The van der Waals surface area contributed by atoms with Crippen LogP contribution in [0.25, 0.3) is 20.8 Å². The standard InChI is InChI=1S/C26H19ClN2O3S3/c1-15-3-12-21-22(13-15)34-26(29-21)17-4-8-19(9-5-17)28-25(30)24-16(2)23(14-33-24)35(31,32)20-10-6-18(27)7-11-20/h3-14H,1-2H3,(H,28,30). The minimum Gasteiger partial charge on any atom is -0.321 e. The molecule has 0 atom stereocenters. The maximum atomic E-state index is 13.0. The topological polar surface area (TPSA) is 76.1 Å². The molecule has 5 aromatic rings. The molecule has 176 valence electrons. The van der Waals surface area contributed by atoms with Crippen molar-refractivity contribution in [2.45, 2.75) is 23.6 Å². The summed E-state index contributed by atoms with van der Waals surface area (Å²) in [4.78, 5) is 18.2. The van der Waals surface area contributed by atoms with Gasteiger partial charge in [-0.05, 0) is 85.6 Å². The van der Waals surface area contributed by atoms with E-state index in [0.29, 0.717) is 21.2 Å². The molecule has 1 N–H and O–H groups in total. The van der Waals surface area contributed by atoms with Crippen LogP contribution in [0.15, 0.2) is 81.9 Å². The Morgan fingerprint density at radius 2 is 1.69 bits per heavy atom. The number of rotatable bonds is 5. The Labute approximate surface area is 216 Å². The first-order chi connectivity index (χ1) is 16.7. The number of fused-ring (bicyclic) bond motifs is 1. The first kappa shape index (κ1) is 23.7. The number of sulfone groups is 1. The number of aryl methyl sites for hydroxylation is 1. The molecule has 2 heterocycles. The van der Waals surface area contributed by atoms with Crippen LogP contribution in [-0.2, 0) is 9.84 Å². The van der Waals surface area contributed by atoms with Crippen molar-refractivity contribution in [2.75, 3.05) is 5.32 Å². The van der Waals surface area contributed by atoms with E-state index >= 15 is 0 Å². The van der Waals surface area contributed by atoms with Crippen LogP contribution in [-0.4, -0.2) is 19.3 Å². The summed E-state index contributed by atoms with van der Waals surface area (Å²) < 4.78 is 27.2. The fraction of sp³-hybridized carbons (Fsp3) is 0.0769. The maximum absolute atomic E-state index is 13.0. The summed E-state index contributed by atoms with van der Waals surface area (Å²) in [5.41, 5.74) is 4.16. The van der Waals surface area contributed by atoms with Crippen LogP contribution in [0.2, 0.25) is 5.02 Å². The number of halogens is 1. The third kappa shape index (κ3) is 4.62. The van der Waals surface area contributed by atoms with Crippen LogP contribution in [0.3, 0.4) is 0 Å². The number of aromatic nitrogens is 1. The van der Waals surface area contributed by atoms with Crippen LogP contribution < -0.4 is 5.32 Å². The summed E-state index contributed by atoms with van der Waals surface area (Å²) in [5.74, 6) is -0.353. The summed E-state index contributed by atoms with van der Waals surface area (Å²) in [6.45, 7) is 3.70. The molecule has 0 radical (unpaired) electrons. The molecule has 0 aliphatic rings. The van der Waals surface area contributed by atoms with Gasteiger partial charge in [-0.1, -0.05) is 17.7 Å². The number of thiophene rings is 1. The molecule has 0 unspecified atom stereocenters. The highest BCUT2D eigenvalue weighted by Gasteiger charge is 2.25. The molecule has 0 bridgehead atoms. The summed E-state index contributed by atoms with van der Waals surface area (Å²) in [6, 6.07) is 19.6. The van der Waals surface area contributed by atoms with Crippen molar-refractivity contribution >= 4 is 65.9 Å². The van der Waals surface area contributed by atoms with Gasteiger partial charge in [0.2, 0.25) is 9.84 Å². The summed E-state index contributed by atoms with van der Waals surface area (Å²) >= 11 is 8.61. The van der Waals surface area contributed by atoms with E-state index in [0.717, 1.165) is 32.1 Å². The zero-order valence-electron chi connectivity index (χ0n) is 18.7. The second-order valence-corrected chi connectivity index (χ2v) is 12.3. The SMILES string of the molecule is Cc1ccc2nc(-c3ccc(NC(=O)c4scc(S(=O)(=O)c5ccc(Cl)cc5)c4C)cc3)sc2c1. The molecule has 0 aliphatic heterocycles. The molecule has 0 saturated carbocycles. The van der Waals surface area contributed by atoms with Crippen LogP contribution >= 0.6 is 34.3 Å². The largest absolute Gasteiger partial charge is 0.321 e. The number of hydrogen-bond acceptors (Lipinski definition) is 6. The average molecular weight is 539 g/mol. The number of nitrogens with one attached hydrogen (secondary N) is 1. The lowest BCUT2D eigenvalue weighted by Crippen LogP contribution is -2.12. The molecule has 0 spiro atoms. The first-order valence-electron chi connectivity index (χ1n) is 10.6. The second-order valence-electron chi connectivity index (χ2n) is 8.03. The number of nitrogens with zero attached hydrogens (tertiary/aromatic N) is 1. The molecule has 1 amide bonds. The fourth-order valence-electron chi connectivity index (χ4n) is 3.67. The first-order valence-corrected chi connectivity index (χ1v) is 14.2. The average Bonchev–Trinajstić information content (AvgIpc) is 3.43. The van der Waals surface area contributed by atoms with Crippen molar-refractivity contribution in [1.82, 2.24) is 4.98 Å². The smallest absolute Gasteiger partial charge is 0.266 e. The van der Waals surface area contributed by atoms with Crippen molar-refractivity contribution in [3.05, 3.63) is 93.1 Å². The third-order valence-corrected chi connectivity index (χ3v) is 9.99. The van der Waals surface area contributed by atoms with Gasteiger partial charge in [0.1, 0.15) is 5.01 Å². The summed E-state index contributed by atoms with van der Waals surface area (Å²) in [7, 11) is -3.76. The van der Waals surface area contributed by atoms with Gasteiger partial charge < -0.3 is 5.32 Å². The molecular formula is C26H19ClN2O3S3. The Hall–Kier alpha value is -3.04. The molecule has 0 fully saturated rings. The van der Waals surface area contributed by atoms with Gasteiger partial charge in [0.25, 0.3) is 5.91 Å². The van der Waals surface area contributed by atoms with Gasteiger partial charge in [0, 0.05) is 21.7 Å². The van der Waals surface area contributed by atoms with Crippen molar-refractivity contribution < 1.29 is 13.2 Å². The number of hydrogen-bond donors (Lipinski definition) is 1. The molecule has 35 heavy (non-hydrogen) atoms. The number of thiazole rings is 1. The van der Waals surface area contributed by atoms with Gasteiger partial charge in [0.05, 0.1) is 24.9 Å². The van der Waals surface area contributed by atoms with Crippen LogP contribution in [0.5, 0.6) is 0 Å². The zero-order chi connectivity index (χ0) is 24.7. The quantitative estimate of drug-likeness (QED) is 0.253. The van der Waals surface area contributed by atoms with E-state index in [9.17, 15) is 13.2 Å². The van der Waals surface area contributed by atoms with Crippen molar-refractivity contribution in [3.63, 3.8) is 0 Å². The van der Waals surface area contributed by atoms with Crippen molar-refractivity contribution in [3.8, 4) is 10.6 Å². The van der Waals surface area contributed by atoms with Gasteiger partial charge in [0.15, 0.2) is 0 Å². The predicted molar refractivity (Wildman–Crippen MR) is 144 cm³/mol. The normalized spacial score (nSPS) is 11.6. The Bertz CT molecular complexity index is 1670. The third-order valence-electron chi connectivity index (χ3n) is 5.55. The number of anilines is 1. The highest BCUT2D eigenvalue weighted by atomic mass is 35.5. The van der Waals surface area contributed by atoms with E-state index in [1.165, 1.54) is 35.2 Å². The Morgan fingerprint density at radius 1 is 0.971 bits per heavy atom. The minimum atomic E-state index is -3.76. The van der Waals surface area contributed by atoms with E-state index in [-0.39, 0.29) is 15.7 Å². The Kier molecular flexibility index (Phi) is 6.23.